The molecule has 0 bridgehead atoms. The highest BCUT2D eigenvalue weighted by molar-refractivity contribution is 5.71. The Labute approximate surface area is 110 Å². The smallest absolute Gasteiger partial charge is 0.119 e. The van der Waals surface area contributed by atoms with Crippen molar-refractivity contribution in [3.8, 4) is 5.75 Å². The zero-order valence-corrected chi connectivity index (χ0v) is 11.8. The number of methoxy groups -OCH3 is 1. The first-order valence-electron chi connectivity index (χ1n) is 6.88. The quantitative estimate of drug-likeness (QED) is 0.701. The lowest BCUT2D eigenvalue weighted by atomic mass is 9.60. The standard InChI is InChI=1S/C17H22O/c1-16(2)8-5-9-17(3)14-11-13(18-4)7-6-12(14)10-15(16)17/h6-7,10-11H,5,8-9H2,1-4H3. The van der Waals surface area contributed by atoms with Crippen LogP contribution in [0.25, 0.3) is 6.08 Å². The molecule has 2 aliphatic carbocycles. The second-order valence-electron chi connectivity index (χ2n) is 6.58. The molecule has 0 aromatic heterocycles. The molecule has 3 rings (SSSR count). The maximum atomic E-state index is 5.39. The van der Waals surface area contributed by atoms with Crippen molar-refractivity contribution in [1.82, 2.24) is 0 Å². The minimum absolute atomic E-state index is 0.228. The van der Waals surface area contributed by atoms with Gasteiger partial charge in [0.25, 0.3) is 0 Å². The average Bonchev–Trinajstić information content (AvgIpc) is 2.63. The van der Waals surface area contributed by atoms with Crippen LogP contribution in [0.2, 0.25) is 0 Å². The molecule has 18 heavy (non-hydrogen) atoms. The molecule has 1 atom stereocenters. The molecule has 2 aliphatic rings. The third-order valence-electron chi connectivity index (χ3n) is 4.96. The lowest BCUT2D eigenvalue weighted by molar-refractivity contribution is 0.266. The Balaban J connectivity index is 2.16. The van der Waals surface area contributed by atoms with Gasteiger partial charge in [-0.2, -0.15) is 0 Å². The Morgan fingerprint density at radius 3 is 2.61 bits per heavy atom. The molecule has 1 fully saturated rings. The predicted octanol–water partition coefficient (Wildman–Crippen LogP) is 4.56. The van der Waals surface area contributed by atoms with E-state index < -0.39 is 0 Å². The first kappa shape index (κ1) is 11.8. The summed E-state index contributed by atoms with van der Waals surface area (Å²) in [6, 6.07) is 6.52. The van der Waals surface area contributed by atoms with Gasteiger partial charge in [0, 0.05) is 5.41 Å². The molecule has 0 N–H and O–H groups in total. The number of ether oxygens (including phenoxy) is 1. The number of fused-ring (bicyclic) bond motifs is 3. The van der Waals surface area contributed by atoms with E-state index in [9.17, 15) is 0 Å². The van der Waals surface area contributed by atoms with Crippen LogP contribution in [0.15, 0.2) is 23.8 Å². The van der Waals surface area contributed by atoms with Crippen molar-refractivity contribution in [2.45, 2.75) is 45.4 Å². The molecule has 0 spiro atoms. The number of hydrogen-bond acceptors (Lipinski definition) is 1. The highest BCUT2D eigenvalue weighted by atomic mass is 16.5. The Morgan fingerprint density at radius 2 is 1.89 bits per heavy atom. The zero-order chi connectivity index (χ0) is 13.0. The first-order valence-corrected chi connectivity index (χ1v) is 6.88. The van der Waals surface area contributed by atoms with Crippen molar-refractivity contribution >= 4 is 6.08 Å². The Hall–Kier alpha value is -1.24. The molecule has 0 radical (unpaired) electrons. The van der Waals surface area contributed by atoms with Crippen LogP contribution < -0.4 is 4.74 Å². The van der Waals surface area contributed by atoms with Crippen molar-refractivity contribution in [1.29, 1.82) is 0 Å². The number of allylic oxidation sites excluding steroid dienone is 1. The molecule has 0 amide bonds. The maximum Gasteiger partial charge on any atom is 0.119 e. The van der Waals surface area contributed by atoms with Crippen LogP contribution >= 0.6 is 0 Å². The lowest BCUT2D eigenvalue weighted by Crippen LogP contribution is -2.35. The molecule has 0 aliphatic heterocycles. The normalized spacial score (nSPS) is 28.3. The van der Waals surface area contributed by atoms with Crippen molar-refractivity contribution in [2.75, 3.05) is 7.11 Å². The molecular formula is C17H22O. The van der Waals surface area contributed by atoms with Crippen LogP contribution in [0.4, 0.5) is 0 Å². The van der Waals surface area contributed by atoms with E-state index in [1.165, 1.54) is 30.4 Å². The van der Waals surface area contributed by atoms with Crippen molar-refractivity contribution in [2.24, 2.45) is 5.41 Å². The van der Waals surface area contributed by atoms with E-state index in [4.69, 9.17) is 4.74 Å². The molecule has 1 heteroatoms. The second kappa shape index (κ2) is 3.63. The monoisotopic (exact) mass is 242 g/mol. The van der Waals surface area contributed by atoms with Crippen molar-refractivity contribution in [3.63, 3.8) is 0 Å². The minimum Gasteiger partial charge on any atom is -0.497 e. The molecule has 1 aromatic carbocycles. The predicted molar refractivity (Wildman–Crippen MR) is 76.0 cm³/mol. The largest absolute Gasteiger partial charge is 0.497 e. The van der Waals surface area contributed by atoms with Gasteiger partial charge >= 0.3 is 0 Å². The summed E-state index contributed by atoms with van der Waals surface area (Å²) in [4.78, 5) is 0. The third kappa shape index (κ3) is 1.46. The summed E-state index contributed by atoms with van der Waals surface area (Å²) in [6.45, 7) is 7.18. The molecular weight excluding hydrogens is 220 g/mol. The van der Waals surface area contributed by atoms with Gasteiger partial charge < -0.3 is 4.74 Å². The fraction of sp³-hybridized carbons (Fsp3) is 0.529. The number of rotatable bonds is 1. The molecule has 0 saturated heterocycles. The van der Waals surface area contributed by atoms with Crippen molar-refractivity contribution in [3.05, 3.63) is 34.9 Å². The topological polar surface area (TPSA) is 9.23 Å². The number of hydrogen-bond donors (Lipinski definition) is 0. The summed E-state index contributed by atoms with van der Waals surface area (Å²) in [6.07, 6.45) is 6.31. The average molecular weight is 242 g/mol. The summed E-state index contributed by atoms with van der Waals surface area (Å²) < 4.78 is 5.39. The summed E-state index contributed by atoms with van der Waals surface area (Å²) in [5.74, 6) is 0.980. The fourth-order valence-electron chi connectivity index (χ4n) is 3.96. The lowest BCUT2D eigenvalue weighted by Gasteiger charge is -2.44. The van der Waals surface area contributed by atoms with Gasteiger partial charge in [0.1, 0.15) is 5.75 Å². The first-order chi connectivity index (χ1) is 8.47. The SMILES string of the molecule is COc1ccc2c(c1)C1(C)CCCC(C)(C)C1=C2. The molecule has 1 unspecified atom stereocenters. The highest BCUT2D eigenvalue weighted by Crippen LogP contribution is 2.57. The zero-order valence-electron chi connectivity index (χ0n) is 11.8. The van der Waals surface area contributed by atoms with Gasteiger partial charge in [0.2, 0.25) is 0 Å². The van der Waals surface area contributed by atoms with Crippen LogP contribution in [0.3, 0.4) is 0 Å². The van der Waals surface area contributed by atoms with Crippen LogP contribution in [0.1, 0.15) is 51.2 Å². The Morgan fingerprint density at radius 1 is 1.11 bits per heavy atom. The maximum absolute atomic E-state index is 5.39. The fourth-order valence-corrected chi connectivity index (χ4v) is 3.96. The summed E-state index contributed by atoms with van der Waals surface area (Å²) in [5, 5.41) is 0. The minimum atomic E-state index is 0.228. The summed E-state index contributed by atoms with van der Waals surface area (Å²) in [5.41, 5.74) is 5.03. The van der Waals surface area contributed by atoms with E-state index in [-0.39, 0.29) is 5.41 Å². The van der Waals surface area contributed by atoms with Crippen LogP contribution in [-0.2, 0) is 5.41 Å². The number of benzene rings is 1. The Bertz CT molecular complexity index is 524. The molecule has 1 aromatic rings. The van der Waals surface area contributed by atoms with Gasteiger partial charge in [-0.3, -0.25) is 0 Å². The van der Waals surface area contributed by atoms with Gasteiger partial charge in [-0.15, -0.1) is 0 Å². The summed E-state index contributed by atoms with van der Waals surface area (Å²) in [7, 11) is 1.75. The van der Waals surface area contributed by atoms with Gasteiger partial charge in [-0.25, -0.2) is 0 Å². The van der Waals surface area contributed by atoms with Gasteiger partial charge in [-0.05, 0) is 41.5 Å². The van der Waals surface area contributed by atoms with E-state index in [1.54, 1.807) is 12.7 Å². The summed E-state index contributed by atoms with van der Waals surface area (Å²) >= 11 is 0. The molecule has 0 heterocycles. The van der Waals surface area contributed by atoms with Crippen LogP contribution in [-0.4, -0.2) is 7.11 Å². The second-order valence-corrected chi connectivity index (χ2v) is 6.58. The van der Waals surface area contributed by atoms with E-state index in [2.05, 4.69) is 45.0 Å². The van der Waals surface area contributed by atoms with Crippen molar-refractivity contribution < 1.29 is 4.74 Å². The molecule has 96 valence electrons. The molecule has 1 saturated carbocycles. The van der Waals surface area contributed by atoms with E-state index in [0.717, 1.165) is 5.75 Å². The van der Waals surface area contributed by atoms with Crippen LogP contribution in [0.5, 0.6) is 5.75 Å². The highest BCUT2D eigenvalue weighted by Gasteiger charge is 2.46. The van der Waals surface area contributed by atoms with Gasteiger partial charge in [-0.1, -0.05) is 44.9 Å². The van der Waals surface area contributed by atoms with Gasteiger partial charge in [0.05, 0.1) is 7.11 Å². The van der Waals surface area contributed by atoms with Gasteiger partial charge in [0.15, 0.2) is 0 Å². The Kier molecular flexibility index (Phi) is 2.38. The van der Waals surface area contributed by atoms with E-state index in [1.807, 2.05) is 0 Å². The van der Waals surface area contributed by atoms with E-state index >= 15 is 0 Å². The molecule has 1 nitrogen and oxygen atoms in total. The third-order valence-corrected chi connectivity index (χ3v) is 4.96. The van der Waals surface area contributed by atoms with E-state index in [0.29, 0.717) is 5.41 Å². The van der Waals surface area contributed by atoms with Crippen LogP contribution in [0, 0.1) is 5.41 Å².